The van der Waals surface area contributed by atoms with Gasteiger partial charge in [0.15, 0.2) is 0 Å². The maximum absolute atomic E-state index is 6.59. The number of aromatic nitrogens is 1. The Labute approximate surface area is 166 Å². The number of benzene rings is 1. The minimum atomic E-state index is 0.0261. The van der Waals surface area contributed by atoms with Crippen LogP contribution in [0, 0.1) is 5.92 Å². The summed E-state index contributed by atoms with van der Waals surface area (Å²) in [5.74, 6) is 1.74. The monoisotopic (exact) mass is 389 g/mol. The lowest BCUT2D eigenvalue weighted by Gasteiger charge is -2.35. The van der Waals surface area contributed by atoms with Gasteiger partial charge in [-0.1, -0.05) is 25.4 Å². The Morgan fingerprint density at radius 3 is 2.50 bits per heavy atom. The summed E-state index contributed by atoms with van der Waals surface area (Å²) in [7, 11) is 0. The first-order chi connectivity index (χ1) is 12.3. The molecule has 3 nitrogen and oxygen atoms in total. The molecule has 1 atom stereocenters. The first-order valence-corrected chi connectivity index (χ1v) is 10.5. The third-order valence-electron chi connectivity index (χ3n) is 4.79. The summed E-state index contributed by atoms with van der Waals surface area (Å²) in [4.78, 5) is 10.2. The van der Waals surface area contributed by atoms with Crippen LogP contribution in [-0.4, -0.2) is 29.0 Å². The van der Waals surface area contributed by atoms with Crippen molar-refractivity contribution in [2.24, 2.45) is 5.92 Å². The summed E-state index contributed by atoms with van der Waals surface area (Å²) < 4.78 is 0. The molecule has 26 heavy (non-hydrogen) atoms. The fourth-order valence-electron chi connectivity index (χ4n) is 3.69. The number of thioether (sulfide) groups is 1. The standard InChI is InChI=1S/C21H28ClN3S/c1-15(2)13-26-20-7-6-18(12-19(20)22)24-14-21(4,5)25(16(24)3)17-8-10-23-11-9-17/h6-12,15-16H,13-14H2,1-5H3. The van der Waals surface area contributed by atoms with E-state index in [4.69, 9.17) is 11.6 Å². The van der Waals surface area contributed by atoms with Crippen LogP contribution in [0.2, 0.25) is 5.02 Å². The topological polar surface area (TPSA) is 19.4 Å². The van der Waals surface area contributed by atoms with Gasteiger partial charge in [0.1, 0.15) is 0 Å². The number of nitrogens with zero attached hydrogens (tertiary/aromatic N) is 3. The Kier molecular flexibility index (Phi) is 5.73. The minimum absolute atomic E-state index is 0.0261. The molecule has 1 fully saturated rings. The minimum Gasteiger partial charge on any atom is -0.349 e. The number of halogens is 1. The average molecular weight is 390 g/mol. The van der Waals surface area contributed by atoms with E-state index in [0.717, 1.165) is 17.3 Å². The van der Waals surface area contributed by atoms with E-state index in [1.807, 2.05) is 24.2 Å². The molecule has 1 saturated heterocycles. The van der Waals surface area contributed by atoms with Crippen molar-refractivity contribution < 1.29 is 0 Å². The summed E-state index contributed by atoms with van der Waals surface area (Å²) in [6.07, 6.45) is 3.97. The molecule has 1 aromatic carbocycles. The average Bonchev–Trinajstić information content (AvgIpc) is 2.83. The maximum Gasteiger partial charge on any atom is 0.0993 e. The number of rotatable bonds is 5. The Morgan fingerprint density at radius 1 is 1.19 bits per heavy atom. The molecule has 0 aliphatic carbocycles. The number of pyridine rings is 1. The zero-order valence-corrected chi connectivity index (χ0v) is 17.8. The lowest BCUT2D eigenvalue weighted by molar-refractivity contribution is 0.533. The molecular formula is C21H28ClN3S. The van der Waals surface area contributed by atoms with Gasteiger partial charge >= 0.3 is 0 Å². The van der Waals surface area contributed by atoms with Crippen molar-refractivity contribution in [3.05, 3.63) is 47.7 Å². The van der Waals surface area contributed by atoms with Crippen LogP contribution in [0.4, 0.5) is 11.4 Å². The maximum atomic E-state index is 6.59. The Bertz CT molecular complexity index is 748. The van der Waals surface area contributed by atoms with Gasteiger partial charge in [-0.3, -0.25) is 4.98 Å². The van der Waals surface area contributed by atoms with E-state index < -0.39 is 0 Å². The summed E-state index contributed by atoms with van der Waals surface area (Å²) in [6, 6.07) is 10.7. The molecule has 1 aliphatic heterocycles. The van der Waals surface area contributed by atoms with Crippen molar-refractivity contribution in [2.75, 3.05) is 22.1 Å². The van der Waals surface area contributed by atoms with E-state index in [0.29, 0.717) is 5.92 Å². The first kappa shape index (κ1) is 19.4. The second-order valence-corrected chi connectivity index (χ2v) is 9.44. The van der Waals surface area contributed by atoms with Crippen LogP contribution >= 0.6 is 23.4 Å². The molecule has 2 aromatic rings. The van der Waals surface area contributed by atoms with Crippen LogP contribution in [-0.2, 0) is 0 Å². The van der Waals surface area contributed by atoms with E-state index in [2.05, 4.69) is 79.7 Å². The smallest absolute Gasteiger partial charge is 0.0993 e. The van der Waals surface area contributed by atoms with Gasteiger partial charge in [0, 0.05) is 41.0 Å². The number of hydrogen-bond donors (Lipinski definition) is 0. The van der Waals surface area contributed by atoms with Crippen LogP contribution in [0.3, 0.4) is 0 Å². The van der Waals surface area contributed by atoms with E-state index in [1.165, 1.54) is 16.3 Å². The van der Waals surface area contributed by atoms with Gasteiger partial charge < -0.3 is 9.80 Å². The van der Waals surface area contributed by atoms with Gasteiger partial charge in [-0.05, 0) is 57.0 Å². The SMILES string of the molecule is CC(C)CSc1ccc(N2CC(C)(C)N(c3ccncc3)C2C)cc1Cl. The van der Waals surface area contributed by atoms with Gasteiger partial charge in [0.05, 0.1) is 16.7 Å². The molecule has 0 N–H and O–H groups in total. The first-order valence-electron chi connectivity index (χ1n) is 9.18. The van der Waals surface area contributed by atoms with Crippen molar-refractivity contribution in [2.45, 2.75) is 51.2 Å². The van der Waals surface area contributed by atoms with Crippen molar-refractivity contribution >= 4 is 34.7 Å². The van der Waals surface area contributed by atoms with Gasteiger partial charge in [-0.2, -0.15) is 0 Å². The van der Waals surface area contributed by atoms with Crippen LogP contribution in [0.15, 0.2) is 47.6 Å². The van der Waals surface area contributed by atoms with E-state index >= 15 is 0 Å². The van der Waals surface area contributed by atoms with Crippen molar-refractivity contribution in [3.63, 3.8) is 0 Å². The van der Waals surface area contributed by atoms with E-state index in [1.54, 1.807) is 0 Å². The molecule has 0 radical (unpaired) electrons. The quantitative estimate of drug-likeness (QED) is 0.589. The van der Waals surface area contributed by atoms with Gasteiger partial charge in [-0.15, -0.1) is 11.8 Å². The zero-order valence-electron chi connectivity index (χ0n) is 16.2. The summed E-state index contributed by atoms with van der Waals surface area (Å²) in [5, 5.41) is 0.848. The highest BCUT2D eigenvalue weighted by Crippen LogP contribution is 2.39. The van der Waals surface area contributed by atoms with Gasteiger partial charge in [-0.25, -0.2) is 0 Å². The molecule has 0 saturated carbocycles. The molecule has 2 heterocycles. The highest BCUT2D eigenvalue weighted by atomic mass is 35.5. The Hall–Kier alpha value is -1.39. The molecule has 1 aliphatic rings. The summed E-state index contributed by atoms with van der Waals surface area (Å²) in [5.41, 5.74) is 2.41. The normalized spacial score (nSPS) is 19.4. The predicted octanol–water partition coefficient (Wildman–Crippen LogP) is 5.93. The molecule has 1 unspecified atom stereocenters. The van der Waals surface area contributed by atoms with Crippen molar-refractivity contribution in [3.8, 4) is 0 Å². The molecule has 5 heteroatoms. The van der Waals surface area contributed by atoms with E-state index in [-0.39, 0.29) is 11.7 Å². The Balaban J connectivity index is 1.85. The Morgan fingerprint density at radius 2 is 1.88 bits per heavy atom. The second-order valence-electron chi connectivity index (χ2n) is 7.97. The lowest BCUT2D eigenvalue weighted by Crippen LogP contribution is -2.44. The fraction of sp³-hybridized carbons (Fsp3) is 0.476. The van der Waals surface area contributed by atoms with Crippen molar-refractivity contribution in [1.29, 1.82) is 0 Å². The zero-order chi connectivity index (χ0) is 18.9. The molecule has 140 valence electrons. The van der Waals surface area contributed by atoms with Crippen LogP contribution in [0.1, 0.15) is 34.6 Å². The molecule has 3 rings (SSSR count). The molecule has 0 amide bonds. The third-order valence-corrected chi connectivity index (χ3v) is 6.72. The molecule has 0 spiro atoms. The van der Waals surface area contributed by atoms with E-state index in [9.17, 15) is 0 Å². The fourth-order valence-corrected chi connectivity index (χ4v) is 4.90. The number of hydrogen-bond acceptors (Lipinski definition) is 4. The lowest BCUT2D eigenvalue weighted by atomic mass is 10.0. The molecular weight excluding hydrogens is 362 g/mol. The van der Waals surface area contributed by atoms with Crippen molar-refractivity contribution in [1.82, 2.24) is 4.98 Å². The van der Waals surface area contributed by atoms with Gasteiger partial charge in [0.2, 0.25) is 0 Å². The molecule has 0 bridgehead atoms. The predicted molar refractivity (Wildman–Crippen MR) is 115 cm³/mol. The highest BCUT2D eigenvalue weighted by Gasteiger charge is 2.42. The number of anilines is 2. The summed E-state index contributed by atoms with van der Waals surface area (Å²) in [6.45, 7) is 12.3. The third kappa shape index (κ3) is 3.96. The largest absolute Gasteiger partial charge is 0.349 e. The van der Waals surface area contributed by atoms with Crippen LogP contribution < -0.4 is 9.80 Å². The van der Waals surface area contributed by atoms with Gasteiger partial charge in [0.25, 0.3) is 0 Å². The van der Waals surface area contributed by atoms with Crippen LogP contribution in [0.25, 0.3) is 0 Å². The highest BCUT2D eigenvalue weighted by molar-refractivity contribution is 7.99. The second kappa shape index (κ2) is 7.69. The molecule has 1 aromatic heterocycles. The van der Waals surface area contributed by atoms with Crippen LogP contribution in [0.5, 0.6) is 0 Å². The summed E-state index contributed by atoms with van der Waals surface area (Å²) >= 11 is 8.43.